The number of hydrogen-bond donors (Lipinski definition) is 1. The van der Waals surface area contributed by atoms with Gasteiger partial charge in [0.1, 0.15) is 5.82 Å². The zero-order valence-corrected chi connectivity index (χ0v) is 6.76. The summed E-state index contributed by atoms with van der Waals surface area (Å²) in [6.07, 6.45) is -1.33. The summed E-state index contributed by atoms with van der Waals surface area (Å²) in [5.41, 5.74) is 0.284. The van der Waals surface area contributed by atoms with Crippen LogP contribution in [0.2, 0.25) is 0 Å². The highest BCUT2D eigenvalue weighted by Crippen LogP contribution is 2.05. The average Bonchev–Trinajstić information content (AvgIpc) is 2.26. The standard InChI is InChI=1S/C10H14FN/c1-8(12-2)7-9-3-5-10(11)6-4-9/h3-6,8,12H,7H2,1-2H3/i1D3,7D,8D. The highest BCUT2D eigenvalue weighted by Gasteiger charge is 1.99. The van der Waals surface area contributed by atoms with Crippen molar-refractivity contribution in [2.24, 2.45) is 0 Å². The van der Waals surface area contributed by atoms with Crippen molar-refractivity contribution in [1.29, 1.82) is 0 Å². The quantitative estimate of drug-likeness (QED) is 0.735. The summed E-state index contributed by atoms with van der Waals surface area (Å²) in [6, 6.07) is 2.81. The molecule has 2 heteroatoms. The SMILES string of the molecule is [2H]C(c1ccc(F)cc1)C([2H])(NC)C([2H])([2H])[2H]. The maximum Gasteiger partial charge on any atom is 0.123 e. The summed E-state index contributed by atoms with van der Waals surface area (Å²) in [7, 11) is 1.32. The molecule has 66 valence electrons. The van der Waals surface area contributed by atoms with Crippen molar-refractivity contribution in [2.45, 2.75) is 19.3 Å². The maximum absolute atomic E-state index is 12.7. The zero-order valence-electron chi connectivity index (χ0n) is 11.8. The van der Waals surface area contributed by atoms with E-state index in [2.05, 4.69) is 5.32 Å². The van der Waals surface area contributed by atoms with Crippen LogP contribution < -0.4 is 5.32 Å². The first kappa shape index (κ1) is 4.38. The predicted octanol–water partition coefficient (Wildman–Crippen LogP) is 1.98. The molecule has 1 N–H and O–H groups in total. The van der Waals surface area contributed by atoms with Gasteiger partial charge >= 0.3 is 0 Å². The third-order valence-corrected chi connectivity index (χ3v) is 1.45. The van der Waals surface area contributed by atoms with Crippen LogP contribution in [0.1, 0.15) is 19.3 Å². The molecule has 1 aromatic rings. The van der Waals surface area contributed by atoms with E-state index < -0.39 is 25.1 Å². The molecule has 1 rings (SSSR count). The van der Waals surface area contributed by atoms with E-state index in [0.29, 0.717) is 0 Å². The molecule has 1 nitrogen and oxygen atoms in total. The average molecular weight is 172 g/mol. The zero-order chi connectivity index (χ0) is 13.3. The highest BCUT2D eigenvalue weighted by molar-refractivity contribution is 5.16. The van der Waals surface area contributed by atoms with Crippen LogP contribution in [0.4, 0.5) is 4.39 Å². The molecule has 0 aliphatic rings. The largest absolute Gasteiger partial charge is 0.317 e. The van der Waals surface area contributed by atoms with E-state index in [1.807, 2.05) is 0 Å². The van der Waals surface area contributed by atoms with Gasteiger partial charge in [-0.15, -0.1) is 0 Å². The summed E-state index contributed by atoms with van der Waals surface area (Å²) < 4.78 is 50.3. The summed E-state index contributed by atoms with van der Waals surface area (Å²) in [5.74, 6) is -0.463. The van der Waals surface area contributed by atoms with Gasteiger partial charge in [-0.1, -0.05) is 12.1 Å². The molecule has 0 aliphatic heterocycles. The van der Waals surface area contributed by atoms with Crippen LogP contribution in [-0.4, -0.2) is 13.1 Å². The second-order valence-corrected chi connectivity index (χ2v) is 2.36. The number of benzene rings is 1. The lowest BCUT2D eigenvalue weighted by molar-refractivity contribution is 0.603. The molecule has 12 heavy (non-hydrogen) atoms. The summed E-state index contributed by atoms with van der Waals surface area (Å²) in [5, 5.41) is 2.35. The normalized spacial score (nSPS) is 25.3. The minimum absolute atomic E-state index is 0.284. The first-order valence-corrected chi connectivity index (χ1v) is 3.59. The van der Waals surface area contributed by atoms with Gasteiger partial charge in [0, 0.05) is 12.9 Å². The van der Waals surface area contributed by atoms with E-state index in [1.54, 1.807) is 0 Å². The Morgan fingerprint density at radius 3 is 2.83 bits per heavy atom. The van der Waals surface area contributed by atoms with Crippen molar-refractivity contribution in [1.82, 2.24) is 5.32 Å². The Morgan fingerprint density at radius 1 is 1.67 bits per heavy atom. The van der Waals surface area contributed by atoms with E-state index in [4.69, 9.17) is 6.85 Å². The summed E-state index contributed by atoms with van der Waals surface area (Å²) in [4.78, 5) is 0. The molecule has 0 fully saturated rings. The molecule has 2 atom stereocenters. The molecule has 0 aliphatic carbocycles. The monoisotopic (exact) mass is 172 g/mol. The van der Waals surface area contributed by atoms with Crippen molar-refractivity contribution in [2.75, 3.05) is 7.05 Å². The lowest BCUT2D eigenvalue weighted by Gasteiger charge is -2.09. The molecule has 0 saturated heterocycles. The van der Waals surface area contributed by atoms with Gasteiger partial charge in [-0.05, 0) is 38.0 Å². The summed E-state index contributed by atoms with van der Waals surface area (Å²) in [6.45, 7) is -2.65. The molecule has 1 aromatic carbocycles. The Bertz CT molecular complexity index is 377. The van der Waals surface area contributed by atoms with Crippen molar-refractivity contribution in [3.8, 4) is 0 Å². The van der Waals surface area contributed by atoms with Gasteiger partial charge in [0.2, 0.25) is 0 Å². The number of hydrogen-bond acceptors (Lipinski definition) is 1. The van der Waals surface area contributed by atoms with Crippen molar-refractivity contribution in [3.63, 3.8) is 0 Å². The minimum Gasteiger partial charge on any atom is -0.317 e. The Balaban J connectivity index is 3.09. The first-order chi connectivity index (χ1) is 7.72. The molecule has 0 amide bonds. The van der Waals surface area contributed by atoms with Crippen LogP contribution in [-0.2, 0) is 6.40 Å². The third-order valence-electron chi connectivity index (χ3n) is 1.45. The van der Waals surface area contributed by atoms with E-state index in [9.17, 15) is 4.39 Å². The summed E-state index contributed by atoms with van der Waals surface area (Å²) >= 11 is 0. The Labute approximate surface area is 79.6 Å². The second-order valence-electron chi connectivity index (χ2n) is 2.36. The van der Waals surface area contributed by atoms with E-state index in [-0.39, 0.29) is 5.56 Å². The topological polar surface area (TPSA) is 12.0 Å². The smallest absolute Gasteiger partial charge is 0.123 e. The molecule has 0 radical (unpaired) electrons. The molecule has 0 aromatic heterocycles. The van der Waals surface area contributed by atoms with Crippen LogP contribution in [0.3, 0.4) is 0 Å². The van der Waals surface area contributed by atoms with Gasteiger partial charge in [-0.25, -0.2) is 4.39 Å². The highest BCUT2D eigenvalue weighted by atomic mass is 19.1. The van der Waals surface area contributed by atoms with Gasteiger partial charge in [-0.3, -0.25) is 0 Å². The van der Waals surface area contributed by atoms with Gasteiger partial charge in [0.15, 0.2) is 0 Å². The first-order valence-electron chi connectivity index (χ1n) is 6.17. The second kappa shape index (κ2) is 4.21. The number of rotatable bonds is 3. The van der Waals surface area contributed by atoms with Crippen LogP contribution >= 0.6 is 0 Å². The van der Waals surface area contributed by atoms with Gasteiger partial charge in [-0.2, -0.15) is 0 Å². The van der Waals surface area contributed by atoms with Gasteiger partial charge in [0.25, 0.3) is 0 Å². The Hall–Kier alpha value is -0.890. The minimum atomic E-state index is -2.65. The maximum atomic E-state index is 12.7. The number of nitrogens with one attached hydrogen (secondary N) is 1. The molecule has 0 heterocycles. The van der Waals surface area contributed by atoms with E-state index in [0.717, 1.165) is 12.1 Å². The molecule has 0 saturated carbocycles. The number of halogens is 1. The fourth-order valence-electron chi connectivity index (χ4n) is 0.798. The molecule has 2 unspecified atom stereocenters. The van der Waals surface area contributed by atoms with Crippen LogP contribution in [0, 0.1) is 5.82 Å². The van der Waals surface area contributed by atoms with Crippen molar-refractivity contribution < 1.29 is 11.2 Å². The van der Waals surface area contributed by atoms with E-state index in [1.165, 1.54) is 19.2 Å². The fourth-order valence-corrected chi connectivity index (χ4v) is 0.798. The lowest BCUT2D eigenvalue weighted by atomic mass is 10.1. The molecule has 0 bridgehead atoms. The van der Waals surface area contributed by atoms with Crippen LogP contribution in [0.25, 0.3) is 0 Å². The lowest BCUT2D eigenvalue weighted by Crippen LogP contribution is -2.23. The predicted molar refractivity (Wildman–Crippen MR) is 48.6 cm³/mol. The molecule has 0 spiro atoms. The fraction of sp³-hybridized carbons (Fsp3) is 0.400. The van der Waals surface area contributed by atoms with Crippen LogP contribution in [0.15, 0.2) is 24.3 Å². The van der Waals surface area contributed by atoms with Crippen molar-refractivity contribution >= 4 is 0 Å². The van der Waals surface area contributed by atoms with Crippen molar-refractivity contribution in [3.05, 3.63) is 35.6 Å². The van der Waals surface area contributed by atoms with Gasteiger partial charge in [0.05, 0.1) is 0 Å². The Kier molecular flexibility index (Phi) is 1.54. The number of likely N-dealkylation sites (N-methyl/N-ethyl adjacent to an activating group) is 1. The molecular weight excluding hydrogens is 153 g/mol. The van der Waals surface area contributed by atoms with Crippen LogP contribution in [0.5, 0.6) is 0 Å². The van der Waals surface area contributed by atoms with E-state index >= 15 is 0 Å². The molecular formula is C10H14FN. The Morgan fingerprint density at radius 2 is 2.33 bits per heavy atom. The third kappa shape index (κ3) is 2.62. The van der Waals surface area contributed by atoms with Gasteiger partial charge < -0.3 is 5.32 Å².